The number of carbonyl (C=O) groups is 1. The van der Waals surface area contributed by atoms with Crippen LogP contribution in [0.2, 0.25) is 0 Å². The van der Waals surface area contributed by atoms with Crippen LogP contribution in [-0.4, -0.2) is 17.1 Å². The molecule has 3 heteroatoms. The van der Waals surface area contributed by atoms with Crippen LogP contribution in [0.15, 0.2) is 54.6 Å². The van der Waals surface area contributed by atoms with E-state index in [2.05, 4.69) is 23.5 Å². The summed E-state index contributed by atoms with van der Waals surface area (Å²) in [4.78, 5) is 11.3. The van der Waals surface area contributed by atoms with Gasteiger partial charge in [-0.1, -0.05) is 54.6 Å². The lowest BCUT2D eigenvalue weighted by Gasteiger charge is -2.31. The second kappa shape index (κ2) is 5.47. The zero-order valence-electron chi connectivity index (χ0n) is 11.1. The van der Waals surface area contributed by atoms with Gasteiger partial charge in [0.2, 0.25) is 0 Å². The first kappa shape index (κ1) is 12.9. The van der Waals surface area contributed by atoms with Crippen LogP contribution < -0.4 is 5.32 Å². The first-order valence-corrected chi connectivity index (χ1v) is 6.84. The maximum Gasteiger partial charge on any atom is 0.321 e. The third-order valence-electron chi connectivity index (χ3n) is 3.84. The maximum absolute atomic E-state index is 11.3. The van der Waals surface area contributed by atoms with Gasteiger partial charge in [-0.3, -0.25) is 10.1 Å². The van der Waals surface area contributed by atoms with Crippen molar-refractivity contribution < 1.29 is 9.90 Å². The average molecular weight is 267 g/mol. The smallest absolute Gasteiger partial charge is 0.321 e. The molecular weight excluding hydrogens is 250 g/mol. The quantitative estimate of drug-likeness (QED) is 0.898. The summed E-state index contributed by atoms with van der Waals surface area (Å²) >= 11 is 0. The number of fused-ring (bicyclic) bond motifs is 1. The molecule has 3 rings (SSSR count). The van der Waals surface area contributed by atoms with Crippen LogP contribution in [0.3, 0.4) is 0 Å². The van der Waals surface area contributed by atoms with Crippen LogP contribution in [0.5, 0.6) is 0 Å². The number of benzene rings is 2. The van der Waals surface area contributed by atoms with Crippen molar-refractivity contribution in [3.8, 4) is 0 Å². The Kier molecular flexibility index (Phi) is 3.52. The van der Waals surface area contributed by atoms with Crippen molar-refractivity contribution in [2.75, 3.05) is 0 Å². The van der Waals surface area contributed by atoms with Crippen molar-refractivity contribution in [2.45, 2.75) is 24.9 Å². The Balaban J connectivity index is 1.91. The summed E-state index contributed by atoms with van der Waals surface area (Å²) in [7, 11) is 0. The van der Waals surface area contributed by atoms with Crippen LogP contribution in [0.1, 0.15) is 22.7 Å². The van der Waals surface area contributed by atoms with E-state index in [9.17, 15) is 9.90 Å². The molecule has 0 aromatic heterocycles. The second-order valence-corrected chi connectivity index (χ2v) is 5.20. The predicted molar refractivity (Wildman–Crippen MR) is 77.6 cm³/mol. The van der Waals surface area contributed by atoms with Gasteiger partial charge in [0.15, 0.2) is 0 Å². The molecule has 20 heavy (non-hydrogen) atoms. The summed E-state index contributed by atoms with van der Waals surface area (Å²) < 4.78 is 0. The van der Waals surface area contributed by atoms with E-state index in [-0.39, 0.29) is 6.04 Å². The van der Waals surface area contributed by atoms with Gasteiger partial charge in [0.25, 0.3) is 0 Å². The maximum atomic E-state index is 11.3. The summed E-state index contributed by atoms with van der Waals surface area (Å²) in [6, 6.07) is 17.8. The fourth-order valence-electron chi connectivity index (χ4n) is 2.85. The molecule has 2 atom stereocenters. The third kappa shape index (κ3) is 2.58. The molecular formula is C17H17NO2. The lowest BCUT2D eigenvalue weighted by molar-refractivity contribution is -0.139. The van der Waals surface area contributed by atoms with Crippen LogP contribution in [0.25, 0.3) is 0 Å². The second-order valence-electron chi connectivity index (χ2n) is 5.20. The number of carboxylic acids is 1. The highest BCUT2D eigenvalue weighted by Crippen LogP contribution is 2.28. The average Bonchev–Trinajstić information content (AvgIpc) is 2.48. The SMILES string of the molecule is O=C(O)C1Cc2ccccc2C(Cc2ccccc2)N1. The highest BCUT2D eigenvalue weighted by molar-refractivity contribution is 5.74. The Labute approximate surface area is 118 Å². The Morgan fingerprint density at radius 1 is 1.10 bits per heavy atom. The molecule has 0 bridgehead atoms. The number of carboxylic acid groups (broad SMARTS) is 1. The molecule has 0 saturated heterocycles. The molecule has 2 aromatic carbocycles. The Bertz CT molecular complexity index is 609. The van der Waals surface area contributed by atoms with E-state index in [1.54, 1.807) is 0 Å². The van der Waals surface area contributed by atoms with Crippen molar-refractivity contribution in [3.63, 3.8) is 0 Å². The Hall–Kier alpha value is -2.13. The fourth-order valence-corrected chi connectivity index (χ4v) is 2.85. The van der Waals surface area contributed by atoms with Crippen LogP contribution in [0, 0.1) is 0 Å². The van der Waals surface area contributed by atoms with Gasteiger partial charge < -0.3 is 5.11 Å². The van der Waals surface area contributed by atoms with Gasteiger partial charge in [-0.2, -0.15) is 0 Å². The first-order valence-electron chi connectivity index (χ1n) is 6.84. The summed E-state index contributed by atoms with van der Waals surface area (Å²) in [6.07, 6.45) is 1.36. The molecule has 0 amide bonds. The van der Waals surface area contributed by atoms with Crippen LogP contribution in [0.4, 0.5) is 0 Å². The summed E-state index contributed by atoms with van der Waals surface area (Å²) in [5.41, 5.74) is 3.57. The van der Waals surface area contributed by atoms with Crippen molar-refractivity contribution in [2.24, 2.45) is 0 Å². The zero-order chi connectivity index (χ0) is 13.9. The molecule has 2 aromatic rings. The van der Waals surface area contributed by atoms with Gasteiger partial charge in [0.05, 0.1) is 0 Å². The lowest BCUT2D eigenvalue weighted by atomic mass is 9.87. The molecule has 2 unspecified atom stereocenters. The van der Waals surface area contributed by atoms with E-state index in [1.165, 1.54) is 11.1 Å². The van der Waals surface area contributed by atoms with Crippen molar-refractivity contribution in [3.05, 3.63) is 71.3 Å². The molecule has 1 aliphatic rings. The standard InChI is InChI=1S/C17H17NO2/c19-17(20)16-11-13-8-4-5-9-14(13)15(18-16)10-12-6-2-1-3-7-12/h1-9,15-16,18H,10-11H2,(H,19,20). The highest BCUT2D eigenvalue weighted by Gasteiger charge is 2.29. The Morgan fingerprint density at radius 3 is 2.55 bits per heavy atom. The summed E-state index contributed by atoms with van der Waals surface area (Å²) in [5.74, 6) is -0.780. The number of nitrogens with one attached hydrogen (secondary N) is 1. The van der Waals surface area contributed by atoms with E-state index >= 15 is 0 Å². The van der Waals surface area contributed by atoms with E-state index in [1.807, 2.05) is 36.4 Å². The topological polar surface area (TPSA) is 49.3 Å². The number of hydrogen-bond acceptors (Lipinski definition) is 2. The predicted octanol–water partition coefficient (Wildman–Crippen LogP) is 2.57. The van der Waals surface area contributed by atoms with Gasteiger partial charge in [-0.25, -0.2) is 0 Å². The van der Waals surface area contributed by atoms with E-state index in [0.717, 1.165) is 12.0 Å². The molecule has 2 N–H and O–H groups in total. The minimum atomic E-state index is -0.780. The lowest BCUT2D eigenvalue weighted by Crippen LogP contribution is -2.45. The van der Waals surface area contributed by atoms with Crippen molar-refractivity contribution in [1.29, 1.82) is 0 Å². The molecule has 0 saturated carbocycles. The van der Waals surface area contributed by atoms with E-state index < -0.39 is 12.0 Å². The normalized spacial score (nSPS) is 21.2. The minimum absolute atomic E-state index is 0.0588. The number of hydrogen-bond donors (Lipinski definition) is 2. The van der Waals surface area contributed by atoms with Gasteiger partial charge >= 0.3 is 5.97 Å². The molecule has 0 fully saturated rings. The van der Waals surface area contributed by atoms with Crippen LogP contribution in [-0.2, 0) is 17.6 Å². The van der Waals surface area contributed by atoms with Gasteiger partial charge in [0.1, 0.15) is 6.04 Å². The molecule has 3 nitrogen and oxygen atoms in total. The molecule has 0 radical (unpaired) electrons. The van der Waals surface area contributed by atoms with Crippen molar-refractivity contribution in [1.82, 2.24) is 5.32 Å². The van der Waals surface area contributed by atoms with Crippen molar-refractivity contribution >= 4 is 5.97 Å². The monoisotopic (exact) mass is 267 g/mol. The van der Waals surface area contributed by atoms with E-state index in [4.69, 9.17) is 0 Å². The number of aliphatic carboxylic acids is 1. The van der Waals surface area contributed by atoms with Gasteiger partial charge in [-0.15, -0.1) is 0 Å². The Morgan fingerprint density at radius 2 is 1.80 bits per heavy atom. The fraction of sp³-hybridized carbons (Fsp3) is 0.235. The molecule has 1 heterocycles. The molecule has 1 aliphatic heterocycles. The van der Waals surface area contributed by atoms with E-state index in [0.29, 0.717) is 6.42 Å². The minimum Gasteiger partial charge on any atom is -0.480 e. The van der Waals surface area contributed by atoms with Gasteiger partial charge in [-0.05, 0) is 29.5 Å². The molecule has 0 aliphatic carbocycles. The molecule has 102 valence electrons. The highest BCUT2D eigenvalue weighted by atomic mass is 16.4. The van der Waals surface area contributed by atoms with Crippen LogP contribution >= 0.6 is 0 Å². The third-order valence-corrected chi connectivity index (χ3v) is 3.84. The summed E-state index contributed by atoms with van der Waals surface area (Å²) in [5, 5.41) is 12.5. The molecule has 0 spiro atoms. The zero-order valence-corrected chi connectivity index (χ0v) is 11.1. The number of rotatable bonds is 3. The largest absolute Gasteiger partial charge is 0.480 e. The summed E-state index contributed by atoms with van der Waals surface area (Å²) in [6.45, 7) is 0. The first-order chi connectivity index (χ1) is 9.74. The van der Waals surface area contributed by atoms with Gasteiger partial charge in [0, 0.05) is 6.04 Å².